The Hall–Kier alpha value is -2.78. The van der Waals surface area contributed by atoms with Gasteiger partial charge in [-0.15, -0.1) is 0 Å². The molecule has 4 amide bonds. The maximum Gasteiger partial charge on any atom is 0.291 e. The molecule has 178 valence electrons. The summed E-state index contributed by atoms with van der Waals surface area (Å²) in [6.45, 7) is 10.4. The van der Waals surface area contributed by atoms with Crippen LogP contribution in [0.15, 0.2) is 0 Å². The van der Waals surface area contributed by atoms with E-state index in [1.807, 2.05) is 0 Å². The molecule has 2 atom stereocenters. The number of nitrogens with one attached hydrogen (secondary N) is 2. The zero-order valence-electron chi connectivity index (χ0n) is 19.7. The maximum absolute atomic E-state index is 12.6. The fraction of sp³-hybridized carbons (Fsp3) is 0.727. The molecule has 32 heavy (non-hydrogen) atoms. The van der Waals surface area contributed by atoms with Crippen LogP contribution < -0.4 is 10.9 Å². The predicted molar refractivity (Wildman–Crippen MR) is 115 cm³/mol. The molecule has 2 fully saturated rings. The van der Waals surface area contributed by atoms with Crippen LogP contribution in [0.25, 0.3) is 0 Å². The Bertz CT molecular complexity index is 755. The van der Waals surface area contributed by atoms with Gasteiger partial charge >= 0.3 is 0 Å². The van der Waals surface area contributed by atoms with Crippen LogP contribution in [-0.2, 0) is 28.8 Å². The van der Waals surface area contributed by atoms with Crippen molar-refractivity contribution in [3.05, 3.63) is 0 Å². The van der Waals surface area contributed by atoms with Crippen molar-refractivity contribution in [2.24, 2.45) is 10.8 Å². The molecule has 1 unspecified atom stereocenters. The number of amides is 4. The van der Waals surface area contributed by atoms with E-state index < -0.39 is 58.1 Å². The molecule has 0 aliphatic carbocycles. The van der Waals surface area contributed by atoms with Gasteiger partial charge in [0, 0.05) is 23.9 Å². The first kappa shape index (κ1) is 25.5. The van der Waals surface area contributed by atoms with Gasteiger partial charge in [-0.25, -0.2) is 0 Å². The SMILES string of the molecule is CC(C)(C)C(=O)C(=O)N1CCCC1C(=O)NNC(=O)[C@@H]1CCCN1C(=O)C(=O)C(C)(C)C. The van der Waals surface area contributed by atoms with Crippen LogP contribution >= 0.6 is 0 Å². The third-order valence-corrected chi connectivity index (χ3v) is 5.69. The Morgan fingerprint density at radius 3 is 1.22 bits per heavy atom. The third-order valence-electron chi connectivity index (χ3n) is 5.69. The van der Waals surface area contributed by atoms with Crippen LogP contribution in [0.3, 0.4) is 0 Å². The van der Waals surface area contributed by atoms with Crippen LogP contribution in [0.4, 0.5) is 0 Å². The minimum absolute atomic E-state index is 0.284. The van der Waals surface area contributed by atoms with Gasteiger partial charge < -0.3 is 9.80 Å². The van der Waals surface area contributed by atoms with E-state index in [1.54, 1.807) is 41.5 Å². The number of hydrazine groups is 1. The second-order valence-electron chi connectivity index (χ2n) is 10.4. The number of rotatable bonds is 4. The van der Waals surface area contributed by atoms with Gasteiger partial charge in [-0.05, 0) is 25.7 Å². The normalized spacial score (nSPS) is 21.3. The topological polar surface area (TPSA) is 133 Å². The van der Waals surface area contributed by atoms with Crippen LogP contribution in [0.5, 0.6) is 0 Å². The lowest BCUT2D eigenvalue weighted by Crippen LogP contribution is -2.57. The average molecular weight is 451 g/mol. The first-order valence-electron chi connectivity index (χ1n) is 11.0. The van der Waals surface area contributed by atoms with Crippen molar-refractivity contribution in [2.75, 3.05) is 13.1 Å². The number of hydrogen-bond donors (Lipinski definition) is 2. The number of carbonyl (C=O) groups is 6. The summed E-state index contributed by atoms with van der Waals surface area (Å²) in [4.78, 5) is 77.5. The highest BCUT2D eigenvalue weighted by Gasteiger charge is 2.42. The largest absolute Gasteiger partial charge is 0.324 e. The lowest BCUT2D eigenvalue weighted by molar-refractivity contribution is -0.152. The van der Waals surface area contributed by atoms with Crippen molar-refractivity contribution in [3.8, 4) is 0 Å². The minimum atomic E-state index is -0.863. The summed E-state index contributed by atoms with van der Waals surface area (Å²) in [7, 11) is 0. The second kappa shape index (κ2) is 9.38. The quantitative estimate of drug-likeness (QED) is 0.469. The molecular weight excluding hydrogens is 416 g/mol. The molecule has 2 aliphatic heterocycles. The van der Waals surface area contributed by atoms with E-state index >= 15 is 0 Å². The highest BCUT2D eigenvalue weighted by molar-refractivity contribution is 6.38. The van der Waals surface area contributed by atoms with Crippen molar-refractivity contribution < 1.29 is 28.8 Å². The molecule has 10 nitrogen and oxygen atoms in total. The first-order valence-corrected chi connectivity index (χ1v) is 11.0. The monoisotopic (exact) mass is 450 g/mol. The summed E-state index contributed by atoms with van der Waals surface area (Å²) in [6, 6.07) is -1.73. The van der Waals surface area contributed by atoms with Crippen molar-refractivity contribution >= 4 is 35.2 Å². The molecule has 2 rings (SSSR count). The number of likely N-dealkylation sites (tertiary alicyclic amines) is 2. The number of Topliss-reactive ketones (excluding diaryl/α,β-unsaturated/α-hetero) is 2. The smallest absolute Gasteiger partial charge is 0.291 e. The molecule has 0 bridgehead atoms. The molecule has 0 saturated carbocycles. The van der Waals surface area contributed by atoms with E-state index in [-0.39, 0.29) is 13.1 Å². The van der Waals surface area contributed by atoms with E-state index in [2.05, 4.69) is 10.9 Å². The first-order chi connectivity index (χ1) is 14.7. The third kappa shape index (κ3) is 5.52. The van der Waals surface area contributed by atoms with Crippen molar-refractivity contribution in [2.45, 2.75) is 79.3 Å². The lowest BCUT2D eigenvalue weighted by Gasteiger charge is -2.28. The van der Waals surface area contributed by atoms with Gasteiger partial charge in [0.15, 0.2) is 0 Å². The summed E-state index contributed by atoms with van der Waals surface area (Å²) < 4.78 is 0. The minimum Gasteiger partial charge on any atom is -0.324 e. The fourth-order valence-electron chi connectivity index (χ4n) is 3.76. The Kier molecular flexibility index (Phi) is 7.47. The molecular formula is C22H34N4O6. The lowest BCUT2D eigenvalue weighted by atomic mass is 9.90. The summed E-state index contributed by atoms with van der Waals surface area (Å²) in [5.41, 5.74) is 2.91. The highest BCUT2D eigenvalue weighted by Crippen LogP contribution is 2.24. The standard InChI is InChI=1S/C22H34N4O6/c1-21(2,3)15(27)19(31)25-11-7-9-13(25)17(29)23-24-18(30)14-10-8-12-26(14)20(32)16(28)22(4,5)6/h13-14H,7-12H2,1-6H3,(H,23,29)(H,24,30)/t13-,14?/m0/s1. The zero-order valence-corrected chi connectivity index (χ0v) is 19.7. The van der Waals surface area contributed by atoms with Gasteiger partial charge in [0.25, 0.3) is 23.6 Å². The van der Waals surface area contributed by atoms with Crippen molar-refractivity contribution in [1.82, 2.24) is 20.7 Å². The Labute approximate surface area is 188 Å². The molecule has 0 aromatic rings. The van der Waals surface area contributed by atoms with E-state index in [4.69, 9.17) is 0 Å². The molecule has 0 aromatic heterocycles. The van der Waals surface area contributed by atoms with E-state index in [9.17, 15) is 28.8 Å². The van der Waals surface area contributed by atoms with Gasteiger partial charge in [0.2, 0.25) is 11.6 Å². The van der Waals surface area contributed by atoms with Crippen LogP contribution in [-0.4, -0.2) is 70.2 Å². The summed E-state index contributed by atoms with van der Waals surface area (Å²) in [5.74, 6) is -3.79. The second-order valence-corrected chi connectivity index (χ2v) is 10.4. The predicted octanol–water partition coefficient (Wildman–Crippen LogP) is 0.346. The summed E-state index contributed by atoms with van der Waals surface area (Å²) >= 11 is 0. The fourth-order valence-corrected chi connectivity index (χ4v) is 3.76. The molecule has 2 saturated heterocycles. The zero-order chi connectivity index (χ0) is 24.4. The van der Waals surface area contributed by atoms with Crippen LogP contribution in [0, 0.1) is 10.8 Å². The average Bonchev–Trinajstić information content (AvgIpc) is 3.37. The van der Waals surface area contributed by atoms with Gasteiger partial charge in [0.1, 0.15) is 12.1 Å². The van der Waals surface area contributed by atoms with Crippen molar-refractivity contribution in [3.63, 3.8) is 0 Å². The summed E-state index contributed by atoms with van der Waals surface area (Å²) in [6.07, 6.45) is 1.88. The Balaban J connectivity index is 1.99. The number of nitrogens with zero attached hydrogens (tertiary/aromatic N) is 2. The summed E-state index contributed by atoms with van der Waals surface area (Å²) in [5, 5.41) is 0. The molecule has 10 heteroatoms. The van der Waals surface area contributed by atoms with E-state index in [0.717, 1.165) is 0 Å². The Morgan fingerprint density at radius 2 is 0.938 bits per heavy atom. The molecule has 0 aromatic carbocycles. The van der Waals surface area contributed by atoms with Gasteiger partial charge in [-0.1, -0.05) is 41.5 Å². The Morgan fingerprint density at radius 1 is 0.625 bits per heavy atom. The number of carbonyl (C=O) groups excluding carboxylic acids is 6. The maximum atomic E-state index is 12.6. The van der Waals surface area contributed by atoms with Crippen LogP contribution in [0.1, 0.15) is 67.2 Å². The molecule has 2 N–H and O–H groups in total. The molecule has 0 radical (unpaired) electrons. The van der Waals surface area contributed by atoms with E-state index in [1.165, 1.54) is 9.80 Å². The highest BCUT2D eigenvalue weighted by atomic mass is 16.2. The van der Waals surface area contributed by atoms with Crippen LogP contribution in [0.2, 0.25) is 0 Å². The van der Waals surface area contributed by atoms with Crippen molar-refractivity contribution in [1.29, 1.82) is 0 Å². The molecule has 2 aliphatic rings. The number of ketones is 2. The molecule has 2 heterocycles. The molecule has 0 spiro atoms. The van der Waals surface area contributed by atoms with Gasteiger partial charge in [-0.3, -0.25) is 39.6 Å². The number of hydrogen-bond acceptors (Lipinski definition) is 6. The van der Waals surface area contributed by atoms with Gasteiger partial charge in [-0.2, -0.15) is 0 Å². The van der Waals surface area contributed by atoms with E-state index in [0.29, 0.717) is 25.7 Å². The van der Waals surface area contributed by atoms with Gasteiger partial charge in [0.05, 0.1) is 0 Å².